The summed E-state index contributed by atoms with van der Waals surface area (Å²) in [4.78, 5) is 29.9. The van der Waals surface area contributed by atoms with Crippen LogP contribution >= 0.6 is 0 Å². The molecule has 0 saturated heterocycles. The first-order chi connectivity index (χ1) is 14.9. The molecule has 3 rings (SSSR count). The quantitative estimate of drug-likeness (QED) is 0.478. The normalized spacial score (nSPS) is 14.1. The molecule has 162 valence electrons. The Hall–Kier alpha value is -3.81. The van der Waals surface area contributed by atoms with Gasteiger partial charge >= 0.3 is 5.97 Å². The van der Waals surface area contributed by atoms with Crippen molar-refractivity contribution >= 4 is 23.9 Å². The Morgan fingerprint density at radius 2 is 1.87 bits per heavy atom. The van der Waals surface area contributed by atoms with E-state index in [1.54, 1.807) is 50.5 Å². The topological polar surface area (TPSA) is 86.7 Å². The summed E-state index contributed by atoms with van der Waals surface area (Å²) in [5.41, 5.74) is 1.41. The van der Waals surface area contributed by atoms with Crippen molar-refractivity contribution in [1.82, 2.24) is 4.90 Å². The molecule has 0 atom stereocenters. The zero-order valence-corrected chi connectivity index (χ0v) is 17.9. The number of benzene rings is 2. The van der Waals surface area contributed by atoms with E-state index < -0.39 is 5.97 Å². The number of amides is 1. The summed E-state index contributed by atoms with van der Waals surface area (Å²) in [5, 5.41) is 0. The van der Waals surface area contributed by atoms with Crippen LogP contribution in [-0.2, 0) is 14.3 Å². The molecule has 0 radical (unpaired) electrons. The molecular formula is C23H24N2O6. The van der Waals surface area contributed by atoms with Crippen molar-refractivity contribution in [1.29, 1.82) is 0 Å². The van der Waals surface area contributed by atoms with E-state index in [-0.39, 0.29) is 24.1 Å². The summed E-state index contributed by atoms with van der Waals surface area (Å²) in [6, 6.07) is 12.3. The van der Waals surface area contributed by atoms with Crippen LogP contribution in [0.3, 0.4) is 0 Å². The second kappa shape index (κ2) is 9.80. The van der Waals surface area contributed by atoms with Gasteiger partial charge in [-0.1, -0.05) is 18.2 Å². The maximum atomic E-state index is 12.3. The van der Waals surface area contributed by atoms with Gasteiger partial charge in [0.2, 0.25) is 5.90 Å². The second-order valence-corrected chi connectivity index (χ2v) is 6.75. The van der Waals surface area contributed by atoms with Crippen LogP contribution in [0.1, 0.15) is 18.1 Å². The minimum atomic E-state index is -0.559. The Morgan fingerprint density at radius 3 is 2.58 bits per heavy atom. The van der Waals surface area contributed by atoms with E-state index in [0.717, 1.165) is 0 Å². The molecule has 0 unspecified atom stereocenters. The second-order valence-electron chi connectivity index (χ2n) is 6.75. The molecule has 0 aromatic heterocycles. The van der Waals surface area contributed by atoms with Crippen molar-refractivity contribution in [3.05, 3.63) is 59.3 Å². The fourth-order valence-corrected chi connectivity index (χ4v) is 2.77. The zero-order chi connectivity index (χ0) is 22.4. The minimum Gasteiger partial charge on any atom is -0.496 e. The first-order valence-electron chi connectivity index (χ1n) is 9.68. The molecule has 2 aromatic carbocycles. The number of carbonyl (C=O) groups excluding carboxylic acids is 2. The molecule has 8 nitrogen and oxygen atoms in total. The van der Waals surface area contributed by atoms with Gasteiger partial charge in [-0.25, -0.2) is 9.79 Å². The molecule has 0 fully saturated rings. The lowest BCUT2D eigenvalue weighted by atomic mass is 10.1. The molecule has 2 aromatic rings. The summed E-state index contributed by atoms with van der Waals surface area (Å²) < 4.78 is 21.9. The Kier molecular flexibility index (Phi) is 6.92. The van der Waals surface area contributed by atoms with E-state index in [2.05, 4.69) is 4.99 Å². The first-order valence-corrected chi connectivity index (χ1v) is 9.68. The number of cyclic esters (lactones) is 1. The van der Waals surface area contributed by atoms with Crippen LogP contribution in [0.15, 0.2) is 53.2 Å². The third kappa shape index (κ3) is 5.22. The molecule has 1 amide bonds. The van der Waals surface area contributed by atoms with E-state index in [4.69, 9.17) is 18.9 Å². The summed E-state index contributed by atoms with van der Waals surface area (Å²) in [6.45, 7) is 2.15. The van der Waals surface area contributed by atoms with Crippen molar-refractivity contribution in [2.75, 3.05) is 34.4 Å². The number of esters is 1. The molecule has 0 spiro atoms. The van der Waals surface area contributed by atoms with Gasteiger partial charge in [-0.2, -0.15) is 0 Å². The van der Waals surface area contributed by atoms with E-state index in [0.29, 0.717) is 35.0 Å². The average molecular weight is 424 g/mol. The number of carbonyl (C=O) groups is 2. The van der Waals surface area contributed by atoms with Crippen molar-refractivity contribution in [2.45, 2.75) is 6.92 Å². The fourth-order valence-electron chi connectivity index (χ4n) is 2.77. The number of hydrogen-bond donors (Lipinski definition) is 0. The largest absolute Gasteiger partial charge is 0.496 e. The maximum Gasteiger partial charge on any atom is 0.363 e. The highest BCUT2D eigenvalue weighted by Crippen LogP contribution is 2.31. The van der Waals surface area contributed by atoms with Crippen molar-refractivity contribution < 1.29 is 28.5 Å². The van der Waals surface area contributed by atoms with Gasteiger partial charge in [-0.05, 0) is 42.8 Å². The van der Waals surface area contributed by atoms with Crippen molar-refractivity contribution in [2.24, 2.45) is 4.99 Å². The molecule has 0 N–H and O–H groups in total. The lowest BCUT2D eigenvalue weighted by molar-refractivity contribution is -0.131. The van der Waals surface area contributed by atoms with E-state index in [1.165, 1.54) is 12.0 Å². The number of ether oxygens (including phenoxy) is 4. The van der Waals surface area contributed by atoms with Crippen LogP contribution in [0.5, 0.6) is 17.2 Å². The number of nitrogens with zero attached hydrogens (tertiary/aromatic N) is 2. The van der Waals surface area contributed by atoms with Gasteiger partial charge in [0, 0.05) is 14.1 Å². The predicted molar refractivity (Wildman–Crippen MR) is 115 cm³/mol. The third-order valence-corrected chi connectivity index (χ3v) is 4.38. The number of rotatable bonds is 8. The van der Waals surface area contributed by atoms with Gasteiger partial charge in [0.15, 0.2) is 23.8 Å². The Balaban J connectivity index is 1.86. The van der Waals surface area contributed by atoms with Gasteiger partial charge in [-0.15, -0.1) is 0 Å². The van der Waals surface area contributed by atoms with Crippen LogP contribution < -0.4 is 14.2 Å². The molecule has 1 heterocycles. The van der Waals surface area contributed by atoms with E-state index in [1.807, 2.05) is 19.1 Å². The summed E-state index contributed by atoms with van der Waals surface area (Å²) >= 11 is 0. The van der Waals surface area contributed by atoms with Crippen LogP contribution in [0.2, 0.25) is 0 Å². The molecule has 1 aliphatic heterocycles. The van der Waals surface area contributed by atoms with Crippen LogP contribution in [0.25, 0.3) is 6.08 Å². The average Bonchev–Trinajstić information content (AvgIpc) is 3.13. The highest BCUT2D eigenvalue weighted by Gasteiger charge is 2.26. The highest BCUT2D eigenvalue weighted by atomic mass is 16.6. The number of aliphatic imine (C=N–C) groups is 1. The minimum absolute atomic E-state index is 0.105. The number of methoxy groups -OCH3 is 1. The monoisotopic (exact) mass is 424 g/mol. The Morgan fingerprint density at radius 1 is 1.10 bits per heavy atom. The number of hydrogen-bond acceptors (Lipinski definition) is 7. The molecule has 1 aliphatic rings. The zero-order valence-electron chi connectivity index (χ0n) is 17.9. The standard InChI is InChI=1S/C23H24N2O6/c1-5-29-20-13-15(10-11-19(20)30-14-21(26)25(2)3)12-17-23(27)31-22(24-17)16-8-6-7-9-18(16)28-4/h6-13H,5,14H2,1-4H3/b17-12+. The third-order valence-electron chi connectivity index (χ3n) is 4.38. The smallest absolute Gasteiger partial charge is 0.363 e. The van der Waals surface area contributed by atoms with E-state index >= 15 is 0 Å². The maximum absolute atomic E-state index is 12.3. The van der Waals surface area contributed by atoms with Gasteiger partial charge in [0.25, 0.3) is 5.91 Å². The Bertz CT molecular complexity index is 1040. The molecule has 0 saturated carbocycles. The molecular weight excluding hydrogens is 400 g/mol. The number of para-hydroxylation sites is 1. The van der Waals surface area contributed by atoms with Crippen LogP contribution in [-0.4, -0.2) is 57.1 Å². The van der Waals surface area contributed by atoms with Gasteiger partial charge in [0.1, 0.15) is 5.75 Å². The van der Waals surface area contributed by atoms with E-state index in [9.17, 15) is 9.59 Å². The lowest BCUT2D eigenvalue weighted by Gasteiger charge is -2.14. The van der Waals surface area contributed by atoms with Crippen LogP contribution in [0.4, 0.5) is 0 Å². The fraction of sp³-hybridized carbons (Fsp3) is 0.261. The van der Waals surface area contributed by atoms with Crippen molar-refractivity contribution in [3.63, 3.8) is 0 Å². The van der Waals surface area contributed by atoms with Crippen LogP contribution in [0, 0.1) is 0 Å². The Labute approximate surface area is 180 Å². The van der Waals surface area contributed by atoms with Gasteiger partial charge in [0.05, 0.1) is 19.3 Å². The summed E-state index contributed by atoms with van der Waals surface area (Å²) in [7, 11) is 4.85. The van der Waals surface area contributed by atoms with Gasteiger partial charge < -0.3 is 23.8 Å². The number of likely N-dealkylation sites (N-methyl/N-ethyl adjacent to an activating group) is 1. The molecule has 31 heavy (non-hydrogen) atoms. The predicted octanol–water partition coefficient (Wildman–Crippen LogP) is 2.91. The van der Waals surface area contributed by atoms with Crippen molar-refractivity contribution in [3.8, 4) is 17.2 Å². The first kappa shape index (κ1) is 21.9. The SMILES string of the molecule is CCOc1cc(/C=C2/N=C(c3ccccc3OC)OC2=O)ccc1OCC(=O)N(C)C. The molecule has 0 bridgehead atoms. The molecule has 8 heteroatoms. The summed E-state index contributed by atoms with van der Waals surface area (Å²) in [6.07, 6.45) is 1.60. The highest BCUT2D eigenvalue weighted by molar-refractivity contribution is 6.13. The molecule has 0 aliphatic carbocycles. The lowest BCUT2D eigenvalue weighted by Crippen LogP contribution is -2.27. The summed E-state index contributed by atoms with van der Waals surface area (Å²) in [5.74, 6) is 0.912. The van der Waals surface area contributed by atoms with Gasteiger partial charge in [-0.3, -0.25) is 4.79 Å².